The van der Waals surface area contributed by atoms with E-state index in [1.807, 2.05) is 0 Å². The van der Waals surface area contributed by atoms with Crippen molar-refractivity contribution in [2.45, 2.75) is 30.1 Å². The smallest absolute Gasteiger partial charge is 0.253 e. The summed E-state index contributed by atoms with van der Waals surface area (Å²) >= 11 is 7.31. The van der Waals surface area contributed by atoms with E-state index >= 15 is 0 Å². The van der Waals surface area contributed by atoms with Crippen LogP contribution >= 0.6 is 22.9 Å². The average Bonchev–Trinajstić information content (AvgIpc) is 3.42. The molecule has 1 atom stereocenters. The maximum absolute atomic E-state index is 13.5. The summed E-state index contributed by atoms with van der Waals surface area (Å²) in [5.41, 5.74) is 1.31. The van der Waals surface area contributed by atoms with Crippen LogP contribution in [0.4, 0.5) is 11.4 Å². The molecule has 0 spiro atoms. The van der Waals surface area contributed by atoms with Crippen LogP contribution in [0.5, 0.6) is 0 Å². The van der Waals surface area contributed by atoms with E-state index in [0.29, 0.717) is 16.3 Å². The molecule has 0 radical (unpaired) electrons. The number of imide groups is 1. The van der Waals surface area contributed by atoms with Crippen LogP contribution in [0, 0.1) is 0 Å². The van der Waals surface area contributed by atoms with Gasteiger partial charge in [0.15, 0.2) is 0 Å². The summed E-state index contributed by atoms with van der Waals surface area (Å²) in [5, 5.41) is 4.60. The molecule has 34 heavy (non-hydrogen) atoms. The lowest BCUT2D eigenvalue weighted by atomic mass is 10.2. The molecule has 1 N–H and O–H groups in total. The molecule has 3 aromatic rings. The fourth-order valence-corrected chi connectivity index (χ4v) is 6.57. The van der Waals surface area contributed by atoms with Gasteiger partial charge in [-0.3, -0.25) is 14.4 Å². The van der Waals surface area contributed by atoms with Crippen molar-refractivity contribution < 1.29 is 22.8 Å². The number of carbonyl (C=O) groups excluding carboxylic acids is 3. The molecule has 2 heterocycles. The van der Waals surface area contributed by atoms with Crippen LogP contribution in [0.15, 0.2) is 70.3 Å². The zero-order valence-electron chi connectivity index (χ0n) is 18.0. The highest BCUT2D eigenvalue weighted by Gasteiger charge is 2.47. The number of halogens is 1. The molecule has 0 bridgehead atoms. The van der Waals surface area contributed by atoms with Crippen molar-refractivity contribution in [2.24, 2.45) is 0 Å². The van der Waals surface area contributed by atoms with Gasteiger partial charge in [0, 0.05) is 24.2 Å². The summed E-state index contributed by atoms with van der Waals surface area (Å²) in [6.45, 7) is 1.20. The van der Waals surface area contributed by atoms with Gasteiger partial charge in [-0.15, -0.1) is 11.3 Å². The minimum Gasteiger partial charge on any atom is -0.326 e. The second-order valence-electron chi connectivity index (χ2n) is 7.59. The van der Waals surface area contributed by atoms with Gasteiger partial charge in [0.25, 0.3) is 15.9 Å². The molecule has 1 fully saturated rings. The maximum atomic E-state index is 13.5. The molecule has 0 aliphatic carbocycles. The van der Waals surface area contributed by atoms with Gasteiger partial charge >= 0.3 is 0 Å². The Morgan fingerprint density at radius 2 is 1.82 bits per heavy atom. The molecule has 3 amide bonds. The van der Waals surface area contributed by atoms with Crippen LogP contribution in [0.1, 0.15) is 18.9 Å². The molecule has 176 valence electrons. The Morgan fingerprint density at radius 1 is 1.12 bits per heavy atom. The molecule has 2 aromatic carbocycles. The molecule has 11 heteroatoms. The van der Waals surface area contributed by atoms with Crippen LogP contribution in [-0.4, -0.2) is 36.5 Å². The third kappa shape index (κ3) is 4.76. The van der Waals surface area contributed by atoms with Gasteiger partial charge in [0.1, 0.15) is 10.3 Å². The third-order valence-corrected chi connectivity index (χ3v) is 8.85. The molecular formula is C23H20ClN3O5S2. The van der Waals surface area contributed by atoms with Gasteiger partial charge in [0.2, 0.25) is 11.8 Å². The first-order valence-corrected chi connectivity index (χ1v) is 12.9. The number of rotatable bonds is 7. The number of carbonyl (C=O) groups is 3. The third-order valence-electron chi connectivity index (χ3n) is 5.26. The summed E-state index contributed by atoms with van der Waals surface area (Å²) in [6.07, 6.45) is -0.304. The Hall–Kier alpha value is -3.05. The Bertz CT molecular complexity index is 1340. The Kier molecular flexibility index (Phi) is 6.85. The predicted molar refractivity (Wildman–Crippen MR) is 130 cm³/mol. The molecule has 0 saturated carbocycles. The predicted octanol–water partition coefficient (Wildman–Crippen LogP) is 3.88. The lowest BCUT2D eigenvalue weighted by Crippen LogP contribution is -2.44. The maximum Gasteiger partial charge on any atom is 0.253 e. The fourth-order valence-electron chi connectivity index (χ4n) is 3.69. The number of nitrogens with one attached hydrogen (secondary N) is 1. The van der Waals surface area contributed by atoms with Gasteiger partial charge in [-0.25, -0.2) is 13.3 Å². The highest BCUT2D eigenvalue weighted by atomic mass is 35.5. The van der Waals surface area contributed by atoms with E-state index < -0.39 is 27.9 Å². The largest absolute Gasteiger partial charge is 0.326 e. The van der Waals surface area contributed by atoms with Crippen molar-refractivity contribution >= 4 is 62.1 Å². The molecular weight excluding hydrogens is 498 g/mol. The summed E-state index contributed by atoms with van der Waals surface area (Å²) in [4.78, 5) is 38.5. The number of sulfonamides is 1. The number of anilines is 2. The Balaban J connectivity index is 1.69. The van der Waals surface area contributed by atoms with Crippen LogP contribution in [0.3, 0.4) is 0 Å². The van der Waals surface area contributed by atoms with Gasteiger partial charge in [-0.1, -0.05) is 35.9 Å². The highest BCUT2D eigenvalue weighted by Crippen LogP contribution is 2.33. The van der Waals surface area contributed by atoms with E-state index in [1.165, 1.54) is 25.1 Å². The average molecular weight is 518 g/mol. The standard InChI is InChI=1S/C23H20ClN3O5S2/c1-15(28)25-17-8-10-18(11-9-17)27-21(29)13-20(23(27)30)26(14-16-5-2-3-6-19(16)24)34(31,32)22-7-4-12-33-22/h2-12,20H,13-14H2,1H3,(H,25,28). The van der Waals surface area contributed by atoms with Gasteiger partial charge in [-0.05, 0) is 47.3 Å². The second-order valence-corrected chi connectivity index (χ2v) is 11.1. The molecule has 4 rings (SSSR count). The Morgan fingerprint density at radius 3 is 2.44 bits per heavy atom. The van der Waals surface area contributed by atoms with E-state index in [0.717, 1.165) is 20.5 Å². The SMILES string of the molecule is CC(=O)Nc1ccc(N2C(=O)CC(N(Cc3ccccc3Cl)S(=O)(=O)c3cccs3)C2=O)cc1. The van der Waals surface area contributed by atoms with Crippen molar-refractivity contribution in [3.05, 3.63) is 76.6 Å². The van der Waals surface area contributed by atoms with Crippen LogP contribution in [0.2, 0.25) is 5.02 Å². The lowest BCUT2D eigenvalue weighted by Gasteiger charge is -2.26. The number of benzene rings is 2. The summed E-state index contributed by atoms with van der Waals surface area (Å²) in [5.74, 6) is -1.42. The highest BCUT2D eigenvalue weighted by molar-refractivity contribution is 7.91. The van der Waals surface area contributed by atoms with E-state index in [1.54, 1.807) is 47.8 Å². The molecule has 1 aliphatic rings. The monoisotopic (exact) mass is 517 g/mol. The number of thiophene rings is 1. The van der Waals surface area contributed by atoms with Crippen LogP contribution in [0.25, 0.3) is 0 Å². The zero-order chi connectivity index (χ0) is 24.5. The van der Waals surface area contributed by atoms with Gasteiger partial charge in [0.05, 0.1) is 12.1 Å². The normalized spacial score (nSPS) is 16.3. The Labute approximate surface area is 205 Å². The zero-order valence-corrected chi connectivity index (χ0v) is 20.4. The molecule has 1 aromatic heterocycles. The van der Waals surface area contributed by atoms with E-state index in [9.17, 15) is 22.8 Å². The van der Waals surface area contributed by atoms with Crippen molar-refractivity contribution in [3.63, 3.8) is 0 Å². The lowest BCUT2D eigenvalue weighted by molar-refractivity contribution is -0.122. The number of hydrogen-bond donors (Lipinski definition) is 1. The quantitative estimate of drug-likeness (QED) is 0.479. The fraction of sp³-hybridized carbons (Fsp3) is 0.174. The number of amides is 3. The van der Waals surface area contributed by atoms with E-state index in [-0.39, 0.29) is 28.8 Å². The first-order chi connectivity index (χ1) is 16.2. The van der Waals surface area contributed by atoms with Crippen molar-refractivity contribution in [1.82, 2.24) is 4.31 Å². The summed E-state index contributed by atoms with van der Waals surface area (Å²) < 4.78 is 28.1. The minimum absolute atomic E-state index is 0.0675. The molecule has 1 unspecified atom stereocenters. The van der Waals surface area contributed by atoms with E-state index in [4.69, 9.17) is 11.6 Å². The number of nitrogens with zero attached hydrogens (tertiary/aromatic N) is 2. The van der Waals surface area contributed by atoms with Gasteiger partial charge in [-0.2, -0.15) is 4.31 Å². The first kappa shape index (κ1) is 24.1. The summed E-state index contributed by atoms with van der Waals surface area (Å²) in [6, 6.07) is 14.8. The minimum atomic E-state index is -4.09. The summed E-state index contributed by atoms with van der Waals surface area (Å²) in [7, 11) is -4.09. The van der Waals surface area contributed by atoms with Crippen LogP contribution < -0.4 is 10.2 Å². The molecule has 1 saturated heterocycles. The van der Waals surface area contributed by atoms with Crippen LogP contribution in [-0.2, 0) is 31.0 Å². The van der Waals surface area contributed by atoms with Gasteiger partial charge < -0.3 is 5.32 Å². The van der Waals surface area contributed by atoms with Crippen molar-refractivity contribution in [2.75, 3.05) is 10.2 Å². The molecule has 1 aliphatic heterocycles. The van der Waals surface area contributed by atoms with Crippen molar-refractivity contribution in [1.29, 1.82) is 0 Å². The second kappa shape index (κ2) is 9.67. The molecule has 8 nitrogen and oxygen atoms in total. The first-order valence-electron chi connectivity index (χ1n) is 10.2. The van der Waals surface area contributed by atoms with Crippen molar-refractivity contribution in [3.8, 4) is 0 Å². The topological polar surface area (TPSA) is 104 Å². The van der Waals surface area contributed by atoms with E-state index in [2.05, 4.69) is 5.32 Å². The number of hydrogen-bond acceptors (Lipinski definition) is 6.